The van der Waals surface area contributed by atoms with Crippen LogP contribution >= 0.6 is 24.0 Å². The van der Waals surface area contributed by atoms with Crippen LogP contribution in [0.5, 0.6) is 0 Å². The number of nitrogens with one attached hydrogen (secondary N) is 3. The Morgan fingerprint density at radius 1 is 1.29 bits per heavy atom. The van der Waals surface area contributed by atoms with Crippen molar-refractivity contribution in [3.05, 3.63) is 17.0 Å². The summed E-state index contributed by atoms with van der Waals surface area (Å²) in [5.41, 5.74) is 8.11. The first-order valence-corrected chi connectivity index (χ1v) is 9.23. The van der Waals surface area contributed by atoms with Gasteiger partial charge in [-0.2, -0.15) is 0 Å². The van der Waals surface area contributed by atoms with Crippen LogP contribution in [0.1, 0.15) is 30.3 Å². The van der Waals surface area contributed by atoms with Gasteiger partial charge in [0.05, 0.1) is 6.61 Å². The molecule has 24 heavy (non-hydrogen) atoms. The van der Waals surface area contributed by atoms with E-state index in [1.807, 2.05) is 27.0 Å². The van der Waals surface area contributed by atoms with E-state index in [0.717, 1.165) is 22.1 Å². The van der Waals surface area contributed by atoms with Crippen molar-refractivity contribution in [3.63, 3.8) is 0 Å². The average Bonchev–Trinajstić information content (AvgIpc) is 2.52. The molecule has 0 fully saturated rings. The normalized spacial score (nSPS) is 11.7. The van der Waals surface area contributed by atoms with Crippen molar-refractivity contribution in [1.82, 2.24) is 26.1 Å². The highest BCUT2D eigenvalue weighted by Crippen LogP contribution is 2.16. The SMILES string of the molecule is COC[C@@H](C)NC(=S)NNC(=O)CCc1c(C)nc(SC)nc1C. The number of aromatic nitrogens is 2. The lowest BCUT2D eigenvalue weighted by Gasteiger charge is -2.16. The number of hydrogen-bond donors (Lipinski definition) is 3. The van der Waals surface area contributed by atoms with Gasteiger partial charge in [0.15, 0.2) is 10.3 Å². The van der Waals surface area contributed by atoms with Crippen molar-refractivity contribution in [2.45, 2.75) is 44.8 Å². The van der Waals surface area contributed by atoms with Crippen molar-refractivity contribution in [3.8, 4) is 0 Å². The Balaban J connectivity index is 2.43. The molecule has 0 spiro atoms. The van der Waals surface area contributed by atoms with Gasteiger partial charge >= 0.3 is 0 Å². The lowest BCUT2D eigenvalue weighted by Crippen LogP contribution is -2.50. The van der Waals surface area contributed by atoms with Crippen molar-refractivity contribution in [1.29, 1.82) is 0 Å². The molecule has 0 aromatic carbocycles. The van der Waals surface area contributed by atoms with Gasteiger partial charge in [-0.25, -0.2) is 9.97 Å². The molecule has 0 unspecified atom stereocenters. The Bertz CT molecular complexity index is 560. The summed E-state index contributed by atoms with van der Waals surface area (Å²) in [6, 6.07) is 0.0595. The fourth-order valence-corrected chi connectivity index (χ4v) is 2.85. The fraction of sp³-hybridized carbons (Fsp3) is 0.600. The smallest absolute Gasteiger partial charge is 0.238 e. The molecule has 9 heteroatoms. The summed E-state index contributed by atoms with van der Waals surface area (Å²) in [7, 11) is 1.62. The second-order valence-electron chi connectivity index (χ2n) is 5.36. The Morgan fingerprint density at radius 2 is 1.92 bits per heavy atom. The zero-order chi connectivity index (χ0) is 18.1. The molecule has 1 amide bonds. The number of nitrogens with zero attached hydrogens (tertiary/aromatic N) is 2. The number of rotatable bonds is 7. The molecule has 0 radical (unpaired) electrons. The molecular weight excluding hydrogens is 346 g/mol. The molecule has 134 valence electrons. The number of carbonyl (C=O) groups is 1. The van der Waals surface area contributed by atoms with Crippen LogP contribution < -0.4 is 16.2 Å². The molecule has 1 heterocycles. The van der Waals surface area contributed by atoms with E-state index in [-0.39, 0.29) is 11.9 Å². The maximum Gasteiger partial charge on any atom is 0.238 e. The predicted octanol–water partition coefficient (Wildman–Crippen LogP) is 1.28. The minimum atomic E-state index is -0.147. The van der Waals surface area contributed by atoms with Gasteiger partial charge < -0.3 is 10.1 Å². The van der Waals surface area contributed by atoms with Gasteiger partial charge in [0.2, 0.25) is 5.91 Å². The van der Waals surface area contributed by atoms with Gasteiger partial charge in [-0.1, -0.05) is 11.8 Å². The standard InChI is InChI=1S/C15H25N5O2S2/c1-9(8-22-4)16-14(23)20-19-13(21)7-6-12-10(2)17-15(24-5)18-11(12)3/h9H,6-8H2,1-5H3,(H,19,21)(H2,16,20,23)/t9-/m1/s1. The first-order chi connectivity index (χ1) is 11.4. The second kappa shape index (κ2) is 10.4. The third-order valence-electron chi connectivity index (χ3n) is 3.29. The van der Waals surface area contributed by atoms with E-state index in [1.165, 1.54) is 11.8 Å². The Kier molecular flexibility index (Phi) is 8.94. The van der Waals surface area contributed by atoms with Gasteiger partial charge in [-0.15, -0.1) is 0 Å². The first-order valence-electron chi connectivity index (χ1n) is 7.59. The monoisotopic (exact) mass is 371 g/mol. The number of thiocarbonyl (C=S) groups is 1. The molecule has 1 aromatic heterocycles. The molecule has 1 rings (SSSR count). The summed E-state index contributed by atoms with van der Waals surface area (Å²) in [6.45, 7) is 6.34. The van der Waals surface area contributed by atoms with E-state index >= 15 is 0 Å². The summed E-state index contributed by atoms with van der Waals surface area (Å²) in [5, 5.41) is 4.11. The van der Waals surface area contributed by atoms with Gasteiger partial charge in [-0.3, -0.25) is 15.6 Å². The van der Waals surface area contributed by atoms with E-state index in [0.29, 0.717) is 24.6 Å². The number of carbonyl (C=O) groups excluding carboxylic acids is 1. The fourth-order valence-electron chi connectivity index (χ4n) is 2.14. The molecule has 3 N–H and O–H groups in total. The van der Waals surface area contributed by atoms with Crippen LogP contribution in [0.25, 0.3) is 0 Å². The van der Waals surface area contributed by atoms with Crippen LogP contribution in [-0.2, 0) is 16.0 Å². The summed E-state index contributed by atoms with van der Waals surface area (Å²) in [6.07, 6.45) is 2.85. The van der Waals surface area contributed by atoms with Gasteiger partial charge in [0.25, 0.3) is 0 Å². The van der Waals surface area contributed by atoms with Gasteiger partial charge in [0, 0.05) is 31.0 Å². The number of thioether (sulfide) groups is 1. The van der Waals surface area contributed by atoms with Crippen LogP contribution in [0, 0.1) is 13.8 Å². The molecule has 0 saturated heterocycles. The average molecular weight is 372 g/mol. The van der Waals surface area contributed by atoms with Crippen molar-refractivity contribution in [2.75, 3.05) is 20.0 Å². The maximum absolute atomic E-state index is 11.9. The largest absolute Gasteiger partial charge is 0.383 e. The third-order valence-corrected chi connectivity index (χ3v) is 4.06. The van der Waals surface area contributed by atoms with Crippen LogP contribution in [0.15, 0.2) is 5.16 Å². The topological polar surface area (TPSA) is 88.2 Å². The number of amides is 1. The highest BCUT2D eigenvalue weighted by atomic mass is 32.2. The summed E-state index contributed by atoms with van der Waals surface area (Å²) < 4.78 is 5.01. The Labute approximate surface area is 152 Å². The minimum Gasteiger partial charge on any atom is -0.383 e. The molecular formula is C15H25N5O2S2. The lowest BCUT2D eigenvalue weighted by atomic mass is 10.1. The predicted molar refractivity (Wildman–Crippen MR) is 100.0 cm³/mol. The summed E-state index contributed by atoms with van der Waals surface area (Å²) >= 11 is 6.60. The van der Waals surface area contributed by atoms with Crippen LogP contribution in [-0.4, -0.2) is 47.0 Å². The van der Waals surface area contributed by atoms with E-state index < -0.39 is 0 Å². The molecule has 0 saturated carbocycles. The maximum atomic E-state index is 11.9. The lowest BCUT2D eigenvalue weighted by molar-refractivity contribution is -0.121. The minimum absolute atomic E-state index is 0.0595. The number of hydrogen-bond acceptors (Lipinski definition) is 6. The summed E-state index contributed by atoms with van der Waals surface area (Å²) in [5.74, 6) is -0.147. The van der Waals surface area contributed by atoms with Crippen molar-refractivity contribution in [2.24, 2.45) is 0 Å². The zero-order valence-electron chi connectivity index (χ0n) is 14.7. The molecule has 7 nitrogen and oxygen atoms in total. The van der Waals surface area contributed by atoms with Crippen LogP contribution in [0.2, 0.25) is 0 Å². The second-order valence-corrected chi connectivity index (χ2v) is 6.54. The molecule has 1 atom stereocenters. The van der Waals surface area contributed by atoms with Gasteiger partial charge in [-0.05, 0) is 51.2 Å². The van der Waals surface area contributed by atoms with E-state index in [2.05, 4.69) is 26.1 Å². The summed E-state index contributed by atoms with van der Waals surface area (Å²) in [4.78, 5) is 20.8. The molecule has 1 aromatic rings. The highest BCUT2D eigenvalue weighted by Gasteiger charge is 2.11. The van der Waals surface area contributed by atoms with Crippen molar-refractivity contribution >= 4 is 35.0 Å². The highest BCUT2D eigenvalue weighted by molar-refractivity contribution is 7.98. The van der Waals surface area contributed by atoms with E-state index in [9.17, 15) is 4.79 Å². The number of ether oxygens (including phenoxy) is 1. The van der Waals surface area contributed by atoms with Gasteiger partial charge in [0.1, 0.15) is 0 Å². The number of aryl methyl sites for hydroxylation is 2. The zero-order valence-corrected chi connectivity index (χ0v) is 16.4. The number of hydrazine groups is 1. The quantitative estimate of drug-likeness (QED) is 0.286. The van der Waals surface area contributed by atoms with Crippen LogP contribution in [0.3, 0.4) is 0 Å². The first kappa shape index (κ1) is 20.6. The Hall–Kier alpha value is -1.45. The van der Waals surface area contributed by atoms with E-state index in [1.54, 1.807) is 7.11 Å². The number of methoxy groups -OCH3 is 1. The van der Waals surface area contributed by atoms with E-state index in [4.69, 9.17) is 17.0 Å². The molecule has 0 aliphatic heterocycles. The third kappa shape index (κ3) is 6.98. The molecule has 0 aliphatic rings. The van der Waals surface area contributed by atoms with Crippen molar-refractivity contribution < 1.29 is 9.53 Å². The Morgan fingerprint density at radius 3 is 2.46 bits per heavy atom. The molecule has 0 bridgehead atoms. The van der Waals surface area contributed by atoms with Crippen LogP contribution in [0.4, 0.5) is 0 Å². The molecule has 0 aliphatic carbocycles.